The highest BCUT2D eigenvalue weighted by Gasteiger charge is 2.37. The van der Waals surface area contributed by atoms with Crippen LogP contribution in [0.1, 0.15) is 26.3 Å². The molecule has 2 heterocycles. The van der Waals surface area contributed by atoms with Crippen LogP contribution in [-0.4, -0.2) is 17.9 Å². The van der Waals surface area contributed by atoms with Crippen LogP contribution in [0.15, 0.2) is 47.7 Å². The van der Waals surface area contributed by atoms with Crippen LogP contribution in [0.3, 0.4) is 0 Å². The predicted molar refractivity (Wildman–Crippen MR) is 91.8 cm³/mol. The fourth-order valence-corrected chi connectivity index (χ4v) is 2.76. The van der Waals surface area contributed by atoms with Gasteiger partial charge in [0.1, 0.15) is 0 Å². The molecule has 0 unspecified atom stereocenters. The third-order valence-corrected chi connectivity index (χ3v) is 8.79. The first-order valence-corrected chi connectivity index (χ1v) is 10.4. The first kappa shape index (κ1) is 16.6. The summed E-state index contributed by atoms with van der Waals surface area (Å²) in [6, 6.07) is 7.25. The van der Waals surface area contributed by atoms with Gasteiger partial charge in [-0.1, -0.05) is 20.8 Å². The van der Waals surface area contributed by atoms with Crippen LogP contribution in [0.4, 0.5) is 0 Å². The molecule has 0 spiro atoms. The molecule has 0 aliphatic rings. The normalized spacial score (nSPS) is 12.4. The Bertz CT molecular complexity index is 688. The lowest BCUT2D eigenvalue weighted by Gasteiger charge is -2.36. The van der Waals surface area contributed by atoms with Crippen LogP contribution in [0.25, 0.3) is 5.69 Å². The van der Waals surface area contributed by atoms with Crippen molar-refractivity contribution >= 4 is 8.32 Å². The maximum atomic E-state index is 12.3. The van der Waals surface area contributed by atoms with Crippen LogP contribution < -0.4 is 5.56 Å². The molecule has 0 saturated heterocycles. The molecule has 0 amide bonds. The van der Waals surface area contributed by atoms with Crippen molar-refractivity contribution in [3.8, 4) is 5.69 Å². The Labute approximate surface area is 132 Å². The standard InChI is InChI=1S/C17H24N2O2Si/c1-17(2,3)22(4,5)21-13-14-8-10-19(16(20)11-14)15-7-6-9-18-12-15/h6-12H,13H2,1-5H3. The second-order valence-corrected chi connectivity index (χ2v) is 11.8. The van der Waals surface area contributed by atoms with E-state index in [0.717, 1.165) is 11.3 Å². The monoisotopic (exact) mass is 316 g/mol. The fourth-order valence-electron chi connectivity index (χ4n) is 1.80. The van der Waals surface area contributed by atoms with Crippen LogP contribution in [-0.2, 0) is 11.0 Å². The van der Waals surface area contributed by atoms with E-state index in [9.17, 15) is 4.79 Å². The van der Waals surface area contributed by atoms with Gasteiger partial charge in [-0.05, 0) is 41.9 Å². The van der Waals surface area contributed by atoms with E-state index in [4.69, 9.17) is 4.43 Å². The zero-order chi connectivity index (χ0) is 16.4. The lowest BCUT2D eigenvalue weighted by atomic mass is 10.2. The van der Waals surface area contributed by atoms with Gasteiger partial charge in [0, 0.05) is 18.5 Å². The van der Waals surface area contributed by atoms with Gasteiger partial charge in [0.15, 0.2) is 8.32 Å². The molecule has 5 heteroatoms. The van der Waals surface area contributed by atoms with E-state index in [-0.39, 0.29) is 10.6 Å². The van der Waals surface area contributed by atoms with Gasteiger partial charge in [-0.25, -0.2) is 0 Å². The minimum atomic E-state index is -1.80. The Balaban J connectivity index is 2.16. The van der Waals surface area contributed by atoms with E-state index in [2.05, 4.69) is 38.8 Å². The summed E-state index contributed by atoms with van der Waals surface area (Å²) >= 11 is 0. The van der Waals surface area contributed by atoms with Crippen LogP contribution in [0.2, 0.25) is 18.1 Å². The van der Waals surface area contributed by atoms with Gasteiger partial charge in [0.25, 0.3) is 5.56 Å². The van der Waals surface area contributed by atoms with Gasteiger partial charge < -0.3 is 4.43 Å². The van der Waals surface area contributed by atoms with E-state index in [0.29, 0.717) is 6.61 Å². The quantitative estimate of drug-likeness (QED) is 0.807. The summed E-state index contributed by atoms with van der Waals surface area (Å²) in [5.74, 6) is 0. The summed E-state index contributed by atoms with van der Waals surface area (Å²) in [5, 5.41) is 0.164. The SMILES string of the molecule is CC(C)(C)[Si](C)(C)OCc1ccn(-c2cccnc2)c(=O)c1. The molecule has 2 aromatic rings. The average Bonchev–Trinajstić information content (AvgIpc) is 2.45. The van der Waals surface area contributed by atoms with E-state index < -0.39 is 8.32 Å². The van der Waals surface area contributed by atoms with E-state index in [1.54, 1.807) is 29.2 Å². The topological polar surface area (TPSA) is 44.1 Å². The molecule has 2 aromatic heterocycles. The smallest absolute Gasteiger partial charge is 0.255 e. The second-order valence-electron chi connectivity index (χ2n) is 7.00. The molecular formula is C17H24N2O2Si. The van der Waals surface area contributed by atoms with Crippen molar-refractivity contribution in [3.05, 3.63) is 58.8 Å². The molecule has 0 aromatic carbocycles. The molecule has 0 saturated carbocycles. The molecule has 0 N–H and O–H groups in total. The van der Waals surface area contributed by atoms with Gasteiger partial charge in [-0.3, -0.25) is 14.3 Å². The van der Waals surface area contributed by atoms with E-state index in [1.807, 2.05) is 18.2 Å². The molecule has 118 valence electrons. The van der Waals surface area contributed by atoms with E-state index >= 15 is 0 Å². The number of aromatic nitrogens is 2. The van der Waals surface area contributed by atoms with Gasteiger partial charge in [-0.2, -0.15) is 0 Å². The number of nitrogens with zero attached hydrogens (tertiary/aromatic N) is 2. The third kappa shape index (κ3) is 3.72. The maximum Gasteiger partial charge on any atom is 0.255 e. The Kier molecular flexibility index (Phi) is 4.68. The molecule has 22 heavy (non-hydrogen) atoms. The molecule has 0 aliphatic heterocycles. The van der Waals surface area contributed by atoms with Crippen molar-refractivity contribution in [2.24, 2.45) is 0 Å². The van der Waals surface area contributed by atoms with Crippen molar-refractivity contribution in [1.82, 2.24) is 9.55 Å². The molecule has 0 bridgehead atoms. The summed E-state index contributed by atoms with van der Waals surface area (Å²) in [4.78, 5) is 16.3. The zero-order valence-corrected chi connectivity index (χ0v) is 15.0. The van der Waals surface area contributed by atoms with Crippen LogP contribution >= 0.6 is 0 Å². The molecule has 2 rings (SSSR count). The van der Waals surface area contributed by atoms with Crippen molar-refractivity contribution in [3.63, 3.8) is 0 Å². The van der Waals surface area contributed by atoms with Crippen molar-refractivity contribution in [2.45, 2.75) is 45.5 Å². The number of hydrogen-bond acceptors (Lipinski definition) is 3. The molecule has 4 nitrogen and oxygen atoms in total. The first-order valence-electron chi connectivity index (χ1n) is 7.47. The summed E-state index contributed by atoms with van der Waals surface area (Å²) in [6.07, 6.45) is 5.15. The van der Waals surface area contributed by atoms with Crippen molar-refractivity contribution < 1.29 is 4.43 Å². The first-order chi connectivity index (χ1) is 10.2. The molecule has 0 aliphatic carbocycles. The lowest BCUT2D eigenvalue weighted by Crippen LogP contribution is -2.40. The highest BCUT2D eigenvalue weighted by atomic mass is 28.4. The van der Waals surface area contributed by atoms with Gasteiger partial charge in [-0.15, -0.1) is 0 Å². The van der Waals surface area contributed by atoms with E-state index in [1.165, 1.54) is 0 Å². The predicted octanol–water partition coefficient (Wildman–Crippen LogP) is 3.75. The van der Waals surface area contributed by atoms with Gasteiger partial charge >= 0.3 is 0 Å². The summed E-state index contributed by atoms with van der Waals surface area (Å²) in [6.45, 7) is 11.5. The second kappa shape index (κ2) is 6.18. The van der Waals surface area contributed by atoms with Crippen molar-refractivity contribution in [1.29, 1.82) is 0 Å². The van der Waals surface area contributed by atoms with Crippen molar-refractivity contribution in [2.75, 3.05) is 0 Å². The lowest BCUT2D eigenvalue weighted by molar-refractivity contribution is 0.276. The Morgan fingerprint density at radius 3 is 2.55 bits per heavy atom. The number of pyridine rings is 2. The minimum absolute atomic E-state index is 0.0654. The summed E-state index contributed by atoms with van der Waals surface area (Å²) in [7, 11) is -1.80. The zero-order valence-electron chi connectivity index (χ0n) is 14.0. The highest BCUT2D eigenvalue weighted by Crippen LogP contribution is 2.36. The van der Waals surface area contributed by atoms with Gasteiger partial charge in [0.05, 0.1) is 18.5 Å². The molecule has 0 radical (unpaired) electrons. The fraction of sp³-hybridized carbons (Fsp3) is 0.412. The highest BCUT2D eigenvalue weighted by molar-refractivity contribution is 6.74. The molecular weight excluding hydrogens is 292 g/mol. The van der Waals surface area contributed by atoms with Crippen LogP contribution in [0, 0.1) is 0 Å². The Morgan fingerprint density at radius 1 is 1.27 bits per heavy atom. The largest absolute Gasteiger partial charge is 0.413 e. The minimum Gasteiger partial charge on any atom is -0.413 e. The summed E-state index contributed by atoms with van der Waals surface area (Å²) < 4.78 is 7.75. The third-order valence-electron chi connectivity index (χ3n) is 4.31. The Hall–Kier alpha value is -1.72. The maximum absolute atomic E-state index is 12.3. The number of rotatable bonds is 4. The molecule has 0 atom stereocenters. The average molecular weight is 316 g/mol. The van der Waals surface area contributed by atoms with Gasteiger partial charge in [0.2, 0.25) is 0 Å². The number of hydrogen-bond donors (Lipinski definition) is 0. The molecule has 0 fully saturated rings. The van der Waals surface area contributed by atoms with Crippen LogP contribution in [0.5, 0.6) is 0 Å². The summed E-state index contributed by atoms with van der Waals surface area (Å²) in [5.41, 5.74) is 1.61. The Morgan fingerprint density at radius 2 is 2.00 bits per heavy atom.